The maximum Gasteiger partial charge on any atom is 0.472 e. The van der Waals surface area contributed by atoms with Crippen LogP contribution in [0, 0.1) is 0 Å². The SMILES string of the molecule is CCCCCCCCCCC/C=C\CCCCCCCC(O)CC(=O)NC(COP(=O)(O)OCCN)C(O)CCCCCCCCCCCCCC. The second-order valence-corrected chi connectivity index (χ2v) is 16.6. The maximum absolute atomic E-state index is 12.8. The van der Waals surface area contributed by atoms with Gasteiger partial charge in [-0.2, -0.15) is 0 Å². The number of nitrogens with one attached hydrogen (secondary N) is 1. The fraction of sp³-hybridized carbons (Fsp3) is 0.929. The van der Waals surface area contributed by atoms with Gasteiger partial charge in [-0.1, -0.05) is 180 Å². The second kappa shape index (κ2) is 38.5. The summed E-state index contributed by atoms with van der Waals surface area (Å²) >= 11 is 0. The molecular formula is C42H85N2O7P. The zero-order chi connectivity index (χ0) is 38.4. The number of carbonyl (C=O) groups excluding carboxylic acids is 1. The number of amides is 1. The number of aliphatic hydroxyl groups excluding tert-OH is 2. The molecule has 9 nitrogen and oxygen atoms in total. The van der Waals surface area contributed by atoms with Crippen molar-refractivity contribution in [2.75, 3.05) is 19.8 Å². The largest absolute Gasteiger partial charge is 0.472 e. The lowest BCUT2D eigenvalue weighted by atomic mass is 10.0. The van der Waals surface area contributed by atoms with Gasteiger partial charge in [-0.25, -0.2) is 4.57 Å². The van der Waals surface area contributed by atoms with Crippen LogP contribution in [0.5, 0.6) is 0 Å². The number of nitrogens with two attached hydrogens (primary N) is 1. The van der Waals surface area contributed by atoms with Gasteiger partial charge in [0.1, 0.15) is 0 Å². The lowest BCUT2D eigenvalue weighted by Crippen LogP contribution is -2.47. The highest BCUT2D eigenvalue weighted by Crippen LogP contribution is 2.43. The van der Waals surface area contributed by atoms with Gasteiger partial charge in [0.05, 0.1) is 37.9 Å². The number of carbonyl (C=O) groups is 1. The van der Waals surface area contributed by atoms with Gasteiger partial charge >= 0.3 is 7.82 Å². The Bertz CT molecular complexity index is 847. The van der Waals surface area contributed by atoms with Crippen LogP contribution < -0.4 is 11.1 Å². The standard InChI is InChI=1S/C42H85N2O7P/c1-3-5-7-9-11-13-15-17-18-19-20-21-22-23-25-27-29-31-33-39(45)37-42(47)44-40(38-51-52(48,49)50-36-35-43)41(46)34-32-30-28-26-24-16-14-12-10-8-6-4-2/h20-21,39-41,45-46H,3-19,22-38,43H2,1-2H3,(H,44,47)(H,48,49)/b21-20-. The predicted octanol–water partition coefficient (Wildman–Crippen LogP) is 11.0. The molecule has 4 unspecified atom stereocenters. The number of allylic oxidation sites excluding steroid dienone is 2. The molecule has 0 aromatic heterocycles. The van der Waals surface area contributed by atoms with Crippen molar-refractivity contribution in [3.63, 3.8) is 0 Å². The van der Waals surface area contributed by atoms with E-state index in [2.05, 4.69) is 31.3 Å². The average molecular weight is 761 g/mol. The Kier molecular flexibility index (Phi) is 37.9. The minimum absolute atomic E-state index is 0.0599. The predicted molar refractivity (Wildman–Crippen MR) is 218 cm³/mol. The fourth-order valence-electron chi connectivity index (χ4n) is 6.59. The van der Waals surface area contributed by atoms with Gasteiger partial charge in [-0.15, -0.1) is 0 Å². The highest BCUT2D eigenvalue weighted by molar-refractivity contribution is 7.47. The molecule has 0 spiro atoms. The van der Waals surface area contributed by atoms with Crippen molar-refractivity contribution in [1.82, 2.24) is 5.32 Å². The molecule has 0 radical (unpaired) electrons. The van der Waals surface area contributed by atoms with Crippen molar-refractivity contribution in [1.29, 1.82) is 0 Å². The molecule has 0 rings (SSSR count). The quantitative estimate of drug-likeness (QED) is 0.0235. The molecule has 0 fully saturated rings. The van der Waals surface area contributed by atoms with E-state index < -0.39 is 32.0 Å². The van der Waals surface area contributed by atoms with E-state index in [1.807, 2.05) is 0 Å². The Morgan fingerprint density at radius 3 is 1.48 bits per heavy atom. The van der Waals surface area contributed by atoms with Crippen molar-refractivity contribution in [3.8, 4) is 0 Å². The Morgan fingerprint density at radius 1 is 0.635 bits per heavy atom. The molecule has 4 atom stereocenters. The van der Waals surface area contributed by atoms with E-state index in [0.29, 0.717) is 12.8 Å². The van der Waals surface area contributed by atoms with Crippen LogP contribution in [-0.2, 0) is 18.4 Å². The van der Waals surface area contributed by atoms with E-state index in [1.54, 1.807) is 0 Å². The van der Waals surface area contributed by atoms with Crippen LogP contribution >= 0.6 is 7.82 Å². The fourth-order valence-corrected chi connectivity index (χ4v) is 7.35. The second-order valence-electron chi connectivity index (χ2n) is 15.1. The summed E-state index contributed by atoms with van der Waals surface area (Å²) in [6.45, 7) is 4.04. The Balaban J connectivity index is 4.23. The summed E-state index contributed by atoms with van der Waals surface area (Å²) in [5, 5.41) is 24.2. The molecule has 0 aliphatic carbocycles. The first-order valence-corrected chi connectivity index (χ1v) is 23.4. The van der Waals surface area contributed by atoms with Gasteiger partial charge in [0.15, 0.2) is 0 Å². The van der Waals surface area contributed by atoms with Crippen LogP contribution in [0.2, 0.25) is 0 Å². The molecular weight excluding hydrogens is 675 g/mol. The van der Waals surface area contributed by atoms with Gasteiger partial charge in [0.2, 0.25) is 5.91 Å². The highest BCUT2D eigenvalue weighted by Gasteiger charge is 2.28. The summed E-state index contributed by atoms with van der Waals surface area (Å²) in [5.41, 5.74) is 5.36. The summed E-state index contributed by atoms with van der Waals surface area (Å²) in [5.74, 6) is -0.417. The van der Waals surface area contributed by atoms with Crippen LogP contribution in [0.15, 0.2) is 12.2 Å². The summed E-state index contributed by atoms with van der Waals surface area (Å²) in [6.07, 6.45) is 38.2. The van der Waals surface area contributed by atoms with Gasteiger partial charge in [-0.05, 0) is 38.5 Å². The van der Waals surface area contributed by atoms with Crippen LogP contribution in [0.1, 0.15) is 213 Å². The summed E-state index contributed by atoms with van der Waals surface area (Å²) in [7, 11) is -4.37. The van der Waals surface area contributed by atoms with Gasteiger partial charge in [-0.3, -0.25) is 13.8 Å². The van der Waals surface area contributed by atoms with E-state index >= 15 is 0 Å². The van der Waals surface area contributed by atoms with Gasteiger partial charge < -0.3 is 26.2 Å². The highest BCUT2D eigenvalue weighted by atomic mass is 31.2. The van der Waals surface area contributed by atoms with E-state index in [4.69, 9.17) is 14.8 Å². The summed E-state index contributed by atoms with van der Waals surface area (Å²) in [4.78, 5) is 22.8. The van der Waals surface area contributed by atoms with Crippen LogP contribution in [0.3, 0.4) is 0 Å². The van der Waals surface area contributed by atoms with E-state index in [0.717, 1.165) is 44.9 Å². The molecule has 6 N–H and O–H groups in total. The molecule has 0 saturated heterocycles. The third-order valence-corrected chi connectivity index (χ3v) is 10.9. The van der Waals surface area contributed by atoms with E-state index in [-0.39, 0.29) is 26.2 Å². The lowest BCUT2D eigenvalue weighted by molar-refractivity contribution is -0.125. The Hall–Kier alpha value is -0.800. The maximum atomic E-state index is 12.8. The zero-order valence-electron chi connectivity index (χ0n) is 33.9. The normalized spacial score (nSPS) is 14.8. The molecule has 1 amide bonds. The van der Waals surface area contributed by atoms with Crippen LogP contribution in [0.25, 0.3) is 0 Å². The first-order valence-electron chi connectivity index (χ1n) is 21.9. The van der Waals surface area contributed by atoms with Crippen LogP contribution in [0.4, 0.5) is 0 Å². The Morgan fingerprint density at radius 2 is 1.04 bits per heavy atom. The third-order valence-electron chi connectivity index (χ3n) is 9.92. The minimum Gasteiger partial charge on any atom is -0.393 e. The number of rotatable bonds is 41. The molecule has 10 heteroatoms. The van der Waals surface area contributed by atoms with Crippen molar-refractivity contribution >= 4 is 13.7 Å². The van der Waals surface area contributed by atoms with Crippen molar-refractivity contribution in [2.24, 2.45) is 5.73 Å². The minimum atomic E-state index is -4.37. The number of hydrogen-bond acceptors (Lipinski definition) is 7. The van der Waals surface area contributed by atoms with Crippen molar-refractivity contribution in [3.05, 3.63) is 12.2 Å². The molecule has 0 saturated carbocycles. The molecule has 0 aromatic carbocycles. The zero-order valence-corrected chi connectivity index (χ0v) is 34.8. The number of aliphatic hydroxyl groups is 2. The lowest BCUT2D eigenvalue weighted by Gasteiger charge is -2.25. The number of unbranched alkanes of at least 4 members (excludes halogenated alkanes) is 25. The Labute approximate surface area is 320 Å². The van der Waals surface area contributed by atoms with Crippen molar-refractivity contribution in [2.45, 2.75) is 231 Å². The van der Waals surface area contributed by atoms with Gasteiger partial charge in [0, 0.05) is 6.54 Å². The first kappa shape index (κ1) is 51.2. The van der Waals surface area contributed by atoms with Gasteiger partial charge in [0.25, 0.3) is 0 Å². The summed E-state index contributed by atoms with van der Waals surface area (Å²) in [6, 6.07) is -0.895. The summed E-state index contributed by atoms with van der Waals surface area (Å²) < 4.78 is 22.1. The van der Waals surface area contributed by atoms with Crippen molar-refractivity contribution < 1.29 is 33.5 Å². The number of phosphoric acid groups is 1. The molecule has 0 heterocycles. The van der Waals surface area contributed by atoms with Crippen LogP contribution in [-0.4, -0.2) is 59.0 Å². The average Bonchev–Trinajstić information content (AvgIpc) is 3.12. The molecule has 310 valence electrons. The molecule has 0 bridgehead atoms. The number of phosphoric ester groups is 1. The molecule has 0 aromatic rings. The smallest absolute Gasteiger partial charge is 0.393 e. The first-order chi connectivity index (χ1) is 25.3. The van der Waals surface area contributed by atoms with E-state index in [1.165, 1.54) is 135 Å². The number of hydrogen-bond donors (Lipinski definition) is 5. The topological polar surface area (TPSA) is 151 Å². The molecule has 0 aliphatic rings. The molecule has 52 heavy (non-hydrogen) atoms. The van der Waals surface area contributed by atoms with E-state index in [9.17, 15) is 24.5 Å². The molecule has 0 aliphatic heterocycles. The third kappa shape index (κ3) is 36.2. The monoisotopic (exact) mass is 761 g/mol.